The van der Waals surface area contributed by atoms with Gasteiger partial charge in [0.05, 0.1) is 17.2 Å². The van der Waals surface area contributed by atoms with E-state index in [9.17, 15) is 0 Å². The molecule has 352 valence electrons. The van der Waals surface area contributed by atoms with Crippen LogP contribution in [0.25, 0.3) is 50.1 Å². The molecule has 7 aliphatic carbocycles. The topological polar surface area (TPSA) is 8.17 Å². The van der Waals surface area contributed by atoms with Crippen LogP contribution in [0.1, 0.15) is 118 Å². The van der Waals surface area contributed by atoms with Crippen LogP contribution in [0.5, 0.6) is 0 Å². The second-order valence-electron chi connectivity index (χ2n) is 22.4. The Hall–Kier alpha value is -7.42. The Kier molecular flexibility index (Phi) is 9.98. The zero-order valence-corrected chi connectivity index (χ0v) is 42.2. The fourth-order valence-corrected chi connectivity index (χ4v) is 14.0. The summed E-state index contributed by atoms with van der Waals surface area (Å²) in [5, 5.41) is 3.96. The maximum absolute atomic E-state index is 2.75. The number of rotatable bonds is 7. The number of fused-ring (bicyclic) bond motifs is 10. The Labute approximate surface area is 425 Å². The van der Waals surface area contributed by atoms with Crippen LogP contribution in [0.3, 0.4) is 0 Å². The average molecular weight is 931 g/mol. The first-order valence-electron chi connectivity index (χ1n) is 26.8. The van der Waals surface area contributed by atoms with Crippen molar-refractivity contribution in [3.63, 3.8) is 0 Å². The van der Waals surface area contributed by atoms with Crippen LogP contribution in [0.4, 0.5) is 0 Å². The van der Waals surface area contributed by atoms with Crippen molar-refractivity contribution in [2.45, 2.75) is 102 Å². The summed E-state index contributed by atoms with van der Waals surface area (Å²) in [7, 11) is 0. The fraction of sp³-hybridized carbons (Fsp3) is 0.229. The van der Waals surface area contributed by atoms with Gasteiger partial charge in [-0.15, -0.1) is 0 Å². The minimum atomic E-state index is -0.0563. The van der Waals surface area contributed by atoms with Crippen LogP contribution < -0.4 is 0 Å². The number of nitrogens with zero attached hydrogens (tertiary/aromatic N) is 2. The molecule has 2 nitrogen and oxygen atoms in total. The first-order chi connectivity index (χ1) is 35.2. The van der Waals surface area contributed by atoms with Crippen LogP contribution in [0, 0.1) is 0 Å². The minimum absolute atomic E-state index is 0.0470. The van der Waals surface area contributed by atoms with Gasteiger partial charge in [-0.3, -0.25) is 0 Å². The Balaban J connectivity index is 0.827. The molecule has 2 heteroatoms. The highest BCUT2D eigenvalue weighted by atomic mass is 15.2. The van der Waals surface area contributed by atoms with Crippen molar-refractivity contribution in [2.24, 2.45) is 0 Å². The lowest BCUT2D eigenvalue weighted by Gasteiger charge is -2.40. The van der Waals surface area contributed by atoms with E-state index in [4.69, 9.17) is 0 Å². The van der Waals surface area contributed by atoms with Gasteiger partial charge in [0, 0.05) is 50.3 Å². The Bertz CT molecular complexity index is 3760. The van der Waals surface area contributed by atoms with Gasteiger partial charge in [-0.2, -0.15) is 0 Å². The largest absolute Gasteiger partial charge is 0.334 e. The summed E-state index contributed by atoms with van der Waals surface area (Å²) in [6.07, 6.45) is 33.7. The van der Waals surface area contributed by atoms with Gasteiger partial charge in [-0.1, -0.05) is 198 Å². The molecule has 0 radical (unpaired) electrons. The standard InChI is InChI=1S/C70H62N2/c1-69(2)61-26-12-8-24-58(61)68-62(69)27-16-30-67(68)72-65-29-14-10-23-57(65)59-43-50(35-40-66(59)72)48-19-15-20-51(42-48)54-21-9-13-28-64(54)71(53-38-39-56-55-22-7-11-25-60(55)70(3,4)63(56)44-53)52-36-33-46(34-37-52)49-32-31-45-17-5-6-18-47(45)41-49/h5-8,10-12,14,16-19,21-33,36-37,39,41-44,46,53H,9,13,15,20,34-35,38,40H2,1-4H3. The van der Waals surface area contributed by atoms with E-state index in [0.29, 0.717) is 5.92 Å². The van der Waals surface area contributed by atoms with Crippen molar-refractivity contribution in [2.75, 3.05) is 0 Å². The van der Waals surface area contributed by atoms with Gasteiger partial charge < -0.3 is 9.47 Å². The lowest BCUT2D eigenvalue weighted by Crippen LogP contribution is -2.36. The second-order valence-corrected chi connectivity index (χ2v) is 22.4. The van der Waals surface area contributed by atoms with Crippen molar-refractivity contribution in [3.05, 3.63) is 266 Å². The summed E-state index contributed by atoms with van der Waals surface area (Å²) >= 11 is 0. The number of benzene rings is 6. The summed E-state index contributed by atoms with van der Waals surface area (Å²) in [5.74, 6) is 0.347. The SMILES string of the molecule is CC1(C)C2=CC(N(C3=CCC(c4ccc5ccccc5c4)C=C3)C3=CCCC=C3C3=CC(C4=Cc5c(n(-c6cccc7c6-c6ccccc6C7(C)C)c6ccccc56)CC4)=CCC3)CC=C2c2ccccc21. The molecule has 2 unspecified atom stereocenters. The molecule has 0 saturated carbocycles. The molecule has 0 amide bonds. The van der Waals surface area contributed by atoms with Crippen molar-refractivity contribution < 1.29 is 0 Å². The van der Waals surface area contributed by atoms with E-state index in [1.165, 1.54) is 122 Å². The lowest BCUT2D eigenvalue weighted by atomic mass is 9.79. The molecule has 0 N–H and O–H groups in total. The third kappa shape index (κ3) is 6.67. The highest BCUT2D eigenvalue weighted by molar-refractivity contribution is 5.97. The maximum atomic E-state index is 2.75. The molecular formula is C70H62N2. The summed E-state index contributed by atoms with van der Waals surface area (Å²) < 4.78 is 2.62. The van der Waals surface area contributed by atoms with Gasteiger partial charge in [-0.05, 0) is 153 Å². The molecule has 0 aliphatic heterocycles. The van der Waals surface area contributed by atoms with E-state index in [1.54, 1.807) is 0 Å². The van der Waals surface area contributed by atoms with Gasteiger partial charge >= 0.3 is 0 Å². The number of allylic oxidation sites excluding steroid dienone is 12. The monoisotopic (exact) mass is 930 g/mol. The molecule has 6 aromatic carbocycles. The molecule has 0 fully saturated rings. The zero-order valence-electron chi connectivity index (χ0n) is 42.2. The van der Waals surface area contributed by atoms with Gasteiger partial charge in [0.2, 0.25) is 0 Å². The van der Waals surface area contributed by atoms with Crippen LogP contribution in [-0.4, -0.2) is 15.5 Å². The summed E-state index contributed by atoms with van der Waals surface area (Å²) in [6, 6.07) is 50.3. The van der Waals surface area contributed by atoms with Gasteiger partial charge in [0.25, 0.3) is 0 Å². The highest BCUT2D eigenvalue weighted by Crippen LogP contribution is 2.54. The molecule has 7 aliphatic rings. The van der Waals surface area contributed by atoms with E-state index in [-0.39, 0.29) is 16.9 Å². The van der Waals surface area contributed by atoms with E-state index < -0.39 is 0 Å². The van der Waals surface area contributed by atoms with Crippen LogP contribution in [-0.2, 0) is 17.3 Å². The number of aromatic nitrogens is 1. The van der Waals surface area contributed by atoms with Crippen molar-refractivity contribution >= 4 is 33.3 Å². The van der Waals surface area contributed by atoms with Gasteiger partial charge in [0.15, 0.2) is 0 Å². The molecule has 1 aromatic heterocycles. The van der Waals surface area contributed by atoms with Gasteiger partial charge in [-0.25, -0.2) is 0 Å². The summed E-state index contributed by atoms with van der Waals surface area (Å²) in [4.78, 5) is 2.75. The molecular weight excluding hydrogens is 869 g/mol. The van der Waals surface area contributed by atoms with Crippen LogP contribution >= 0.6 is 0 Å². The van der Waals surface area contributed by atoms with E-state index in [0.717, 1.165) is 51.4 Å². The van der Waals surface area contributed by atoms with Gasteiger partial charge in [0.1, 0.15) is 0 Å². The molecule has 2 atom stereocenters. The second kappa shape index (κ2) is 16.6. The number of hydrogen-bond donors (Lipinski definition) is 0. The average Bonchev–Trinajstić information content (AvgIpc) is 3.97. The molecule has 0 bridgehead atoms. The fourth-order valence-electron chi connectivity index (χ4n) is 14.0. The third-order valence-corrected chi connectivity index (χ3v) is 17.7. The predicted octanol–water partition coefficient (Wildman–Crippen LogP) is 17.7. The van der Waals surface area contributed by atoms with Crippen molar-refractivity contribution in [3.8, 4) is 16.8 Å². The van der Waals surface area contributed by atoms with E-state index in [2.05, 4.69) is 231 Å². The smallest absolute Gasteiger partial charge is 0.0563 e. The third-order valence-electron chi connectivity index (χ3n) is 17.7. The lowest BCUT2D eigenvalue weighted by molar-refractivity contribution is 0.369. The molecule has 14 rings (SSSR count). The molecule has 0 saturated heterocycles. The summed E-state index contributed by atoms with van der Waals surface area (Å²) in [6.45, 7) is 9.64. The molecule has 72 heavy (non-hydrogen) atoms. The molecule has 0 spiro atoms. The number of para-hydroxylation sites is 1. The van der Waals surface area contributed by atoms with E-state index >= 15 is 0 Å². The normalized spacial score (nSPS) is 21.2. The Morgan fingerprint density at radius 3 is 2.19 bits per heavy atom. The minimum Gasteiger partial charge on any atom is -0.334 e. The molecule has 7 aromatic rings. The first-order valence-corrected chi connectivity index (χ1v) is 26.8. The Morgan fingerprint density at radius 2 is 1.33 bits per heavy atom. The van der Waals surface area contributed by atoms with Crippen molar-refractivity contribution in [1.29, 1.82) is 0 Å². The quantitative estimate of drug-likeness (QED) is 0.155. The molecule has 1 heterocycles. The highest BCUT2D eigenvalue weighted by Gasteiger charge is 2.42. The maximum Gasteiger partial charge on any atom is 0.0563 e. The zero-order chi connectivity index (χ0) is 48.3. The first kappa shape index (κ1) is 43.4. The van der Waals surface area contributed by atoms with Crippen molar-refractivity contribution in [1.82, 2.24) is 9.47 Å². The summed E-state index contributed by atoms with van der Waals surface area (Å²) in [5.41, 5.74) is 26.5. The number of hydrogen-bond acceptors (Lipinski definition) is 1. The Morgan fingerprint density at radius 1 is 0.569 bits per heavy atom. The predicted molar refractivity (Wildman–Crippen MR) is 302 cm³/mol. The van der Waals surface area contributed by atoms with Crippen LogP contribution in [0.2, 0.25) is 0 Å². The van der Waals surface area contributed by atoms with Crippen LogP contribution in [0.15, 0.2) is 227 Å². The van der Waals surface area contributed by atoms with E-state index in [1.807, 2.05) is 0 Å².